The lowest BCUT2D eigenvalue weighted by Crippen LogP contribution is -2.23. The average molecular weight is 241 g/mol. The third-order valence-electron chi connectivity index (χ3n) is 2.71. The first-order chi connectivity index (χ1) is 7.77. The molecule has 16 heavy (non-hydrogen) atoms. The Balaban J connectivity index is 1.80. The van der Waals surface area contributed by atoms with E-state index in [1.165, 1.54) is 11.3 Å². The fourth-order valence-corrected chi connectivity index (χ4v) is 2.58. The van der Waals surface area contributed by atoms with E-state index in [4.69, 9.17) is 9.84 Å². The highest BCUT2D eigenvalue weighted by atomic mass is 32.1. The minimum absolute atomic E-state index is 0.440. The lowest BCUT2D eigenvalue weighted by atomic mass is 10.1. The van der Waals surface area contributed by atoms with Gasteiger partial charge in [-0.3, -0.25) is 0 Å². The van der Waals surface area contributed by atoms with Crippen LogP contribution in [0.25, 0.3) is 0 Å². The van der Waals surface area contributed by atoms with Gasteiger partial charge in [0.05, 0.1) is 6.61 Å². The van der Waals surface area contributed by atoms with Gasteiger partial charge in [0.25, 0.3) is 0 Å². The summed E-state index contributed by atoms with van der Waals surface area (Å²) in [4.78, 5) is 11.3. The van der Waals surface area contributed by atoms with E-state index in [0.717, 1.165) is 31.7 Å². The summed E-state index contributed by atoms with van der Waals surface area (Å²) < 4.78 is 5.27. The first-order valence-electron chi connectivity index (χ1n) is 5.35. The molecule has 1 fully saturated rings. The summed E-state index contributed by atoms with van der Waals surface area (Å²) in [6.07, 6.45) is 1.10. The van der Waals surface area contributed by atoms with Crippen LogP contribution >= 0.6 is 11.3 Å². The van der Waals surface area contributed by atoms with E-state index in [2.05, 4.69) is 5.32 Å². The van der Waals surface area contributed by atoms with E-state index in [0.29, 0.717) is 17.3 Å². The Labute approximate surface area is 98.2 Å². The van der Waals surface area contributed by atoms with Gasteiger partial charge in [0.15, 0.2) is 0 Å². The molecule has 1 aromatic rings. The Morgan fingerprint density at radius 1 is 1.69 bits per heavy atom. The van der Waals surface area contributed by atoms with Crippen molar-refractivity contribution in [2.75, 3.05) is 19.8 Å². The van der Waals surface area contributed by atoms with Crippen LogP contribution in [0.3, 0.4) is 0 Å². The average Bonchev–Trinajstić information content (AvgIpc) is 2.87. The van der Waals surface area contributed by atoms with Crippen molar-refractivity contribution in [3.05, 3.63) is 21.9 Å². The molecule has 5 heteroatoms. The van der Waals surface area contributed by atoms with Crippen molar-refractivity contribution in [2.45, 2.75) is 13.0 Å². The van der Waals surface area contributed by atoms with Gasteiger partial charge in [0, 0.05) is 19.7 Å². The smallest absolute Gasteiger partial charge is 0.346 e. The van der Waals surface area contributed by atoms with Crippen molar-refractivity contribution in [1.29, 1.82) is 0 Å². The van der Waals surface area contributed by atoms with Gasteiger partial charge in [0.1, 0.15) is 4.88 Å². The zero-order valence-electron chi connectivity index (χ0n) is 8.94. The molecule has 1 aromatic heterocycles. The first-order valence-corrected chi connectivity index (χ1v) is 6.23. The van der Waals surface area contributed by atoms with Crippen LogP contribution in [0.1, 0.15) is 21.7 Å². The first kappa shape index (κ1) is 11.6. The van der Waals surface area contributed by atoms with Gasteiger partial charge in [-0.05, 0) is 29.3 Å². The molecule has 0 amide bonds. The Hall–Kier alpha value is -0.910. The van der Waals surface area contributed by atoms with Crippen molar-refractivity contribution in [3.63, 3.8) is 0 Å². The minimum atomic E-state index is -0.837. The number of aromatic carboxylic acids is 1. The van der Waals surface area contributed by atoms with Crippen LogP contribution in [-0.4, -0.2) is 30.8 Å². The van der Waals surface area contributed by atoms with Gasteiger partial charge in [-0.15, -0.1) is 11.3 Å². The summed E-state index contributed by atoms with van der Waals surface area (Å²) in [5.41, 5.74) is 0.872. The van der Waals surface area contributed by atoms with E-state index in [1.807, 2.05) is 11.4 Å². The van der Waals surface area contributed by atoms with Gasteiger partial charge in [-0.2, -0.15) is 0 Å². The summed E-state index contributed by atoms with van der Waals surface area (Å²) in [5, 5.41) is 14.0. The molecule has 0 spiro atoms. The van der Waals surface area contributed by atoms with Crippen LogP contribution in [0.4, 0.5) is 0 Å². The largest absolute Gasteiger partial charge is 0.477 e. The second kappa shape index (κ2) is 5.43. The Bertz CT molecular complexity index is 358. The third-order valence-corrected chi connectivity index (χ3v) is 3.66. The molecular weight excluding hydrogens is 226 g/mol. The lowest BCUT2D eigenvalue weighted by molar-refractivity contribution is 0.0701. The van der Waals surface area contributed by atoms with E-state index in [-0.39, 0.29) is 0 Å². The number of rotatable bonds is 5. The van der Waals surface area contributed by atoms with Crippen molar-refractivity contribution < 1.29 is 14.6 Å². The highest BCUT2D eigenvalue weighted by molar-refractivity contribution is 7.12. The molecule has 1 atom stereocenters. The van der Waals surface area contributed by atoms with Gasteiger partial charge in [-0.25, -0.2) is 4.79 Å². The Morgan fingerprint density at radius 3 is 3.25 bits per heavy atom. The number of hydrogen-bond acceptors (Lipinski definition) is 4. The quantitative estimate of drug-likeness (QED) is 0.821. The fourth-order valence-electron chi connectivity index (χ4n) is 1.82. The van der Waals surface area contributed by atoms with E-state index in [9.17, 15) is 4.79 Å². The highest BCUT2D eigenvalue weighted by Gasteiger charge is 2.16. The van der Waals surface area contributed by atoms with Crippen LogP contribution in [-0.2, 0) is 11.3 Å². The van der Waals surface area contributed by atoms with Crippen LogP contribution in [0.15, 0.2) is 11.4 Å². The van der Waals surface area contributed by atoms with E-state index >= 15 is 0 Å². The standard InChI is InChI=1S/C11H15NO3S/c13-11(14)10-9(2-4-16-10)6-12-5-8-1-3-15-7-8/h2,4,8,12H,1,3,5-7H2,(H,13,14). The number of hydrogen-bond donors (Lipinski definition) is 2. The van der Waals surface area contributed by atoms with Crippen molar-refractivity contribution in [1.82, 2.24) is 5.32 Å². The molecule has 0 bridgehead atoms. The van der Waals surface area contributed by atoms with Crippen LogP contribution in [0.2, 0.25) is 0 Å². The van der Waals surface area contributed by atoms with Gasteiger partial charge in [0.2, 0.25) is 0 Å². The SMILES string of the molecule is O=C(O)c1sccc1CNCC1CCOC1. The summed E-state index contributed by atoms with van der Waals surface area (Å²) in [5.74, 6) is -0.261. The van der Waals surface area contributed by atoms with Gasteiger partial charge < -0.3 is 15.2 Å². The number of ether oxygens (including phenoxy) is 1. The predicted octanol–water partition coefficient (Wildman–Crippen LogP) is 1.57. The second-order valence-corrected chi connectivity index (χ2v) is 4.86. The predicted molar refractivity (Wildman–Crippen MR) is 61.9 cm³/mol. The molecule has 2 N–H and O–H groups in total. The zero-order valence-corrected chi connectivity index (χ0v) is 9.76. The molecule has 88 valence electrons. The summed E-state index contributed by atoms with van der Waals surface area (Å²) in [6, 6.07) is 1.87. The maximum atomic E-state index is 10.9. The normalized spacial score (nSPS) is 20.1. The molecule has 1 saturated heterocycles. The van der Waals surface area contributed by atoms with Crippen LogP contribution in [0, 0.1) is 5.92 Å². The molecular formula is C11H15NO3S. The molecule has 1 unspecified atom stereocenters. The number of carboxylic acid groups (broad SMARTS) is 1. The maximum Gasteiger partial charge on any atom is 0.346 e. The molecule has 0 aliphatic carbocycles. The van der Waals surface area contributed by atoms with Gasteiger partial charge >= 0.3 is 5.97 Å². The minimum Gasteiger partial charge on any atom is -0.477 e. The summed E-state index contributed by atoms with van der Waals surface area (Å²) >= 11 is 1.28. The lowest BCUT2D eigenvalue weighted by Gasteiger charge is -2.08. The molecule has 2 heterocycles. The maximum absolute atomic E-state index is 10.9. The molecule has 1 aliphatic rings. The highest BCUT2D eigenvalue weighted by Crippen LogP contribution is 2.17. The number of carbonyl (C=O) groups is 1. The number of nitrogens with one attached hydrogen (secondary N) is 1. The molecule has 0 aromatic carbocycles. The topological polar surface area (TPSA) is 58.6 Å². The fraction of sp³-hybridized carbons (Fsp3) is 0.545. The molecule has 0 saturated carbocycles. The second-order valence-electron chi connectivity index (χ2n) is 3.94. The number of carboxylic acids is 1. The summed E-state index contributed by atoms with van der Waals surface area (Å²) in [7, 11) is 0. The molecule has 1 aliphatic heterocycles. The molecule has 4 nitrogen and oxygen atoms in total. The van der Waals surface area contributed by atoms with Crippen LogP contribution < -0.4 is 5.32 Å². The van der Waals surface area contributed by atoms with Crippen LogP contribution in [0.5, 0.6) is 0 Å². The van der Waals surface area contributed by atoms with Gasteiger partial charge in [-0.1, -0.05) is 0 Å². The van der Waals surface area contributed by atoms with Crippen molar-refractivity contribution in [2.24, 2.45) is 5.92 Å². The zero-order chi connectivity index (χ0) is 11.4. The Kier molecular flexibility index (Phi) is 3.93. The van der Waals surface area contributed by atoms with E-state index < -0.39 is 5.97 Å². The number of thiophene rings is 1. The van der Waals surface area contributed by atoms with Crippen molar-refractivity contribution in [3.8, 4) is 0 Å². The third kappa shape index (κ3) is 2.81. The molecule has 2 rings (SSSR count). The van der Waals surface area contributed by atoms with E-state index in [1.54, 1.807) is 0 Å². The monoisotopic (exact) mass is 241 g/mol. The summed E-state index contributed by atoms with van der Waals surface area (Å²) in [6.45, 7) is 3.20. The molecule has 0 radical (unpaired) electrons. The van der Waals surface area contributed by atoms with Crippen molar-refractivity contribution >= 4 is 17.3 Å². The Morgan fingerprint density at radius 2 is 2.56 bits per heavy atom.